The SMILES string of the molecule is CCc1ccccc1CN1CCC2(CCCC2NC(=O)CCc2cnccn2)CC1. The number of carbonyl (C=O) groups is 1. The van der Waals surface area contributed by atoms with Crippen molar-refractivity contribution in [3.63, 3.8) is 0 Å². The first-order valence-electron chi connectivity index (χ1n) is 11.5. The number of hydrogen-bond donors (Lipinski definition) is 1. The number of aromatic nitrogens is 2. The summed E-state index contributed by atoms with van der Waals surface area (Å²) in [5, 5.41) is 3.39. The molecule has 2 aromatic rings. The number of benzene rings is 1. The summed E-state index contributed by atoms with van der Waals surface area (Å²) >= 11 is 0. The zero-order valence-corrected chi connectivity index (χ0v) is 18.1. The number of hydrogen-bond acceptors (Lipinski definition) is 4. The van der Waals surface area contributed by atoms with Crippen molar-refractivity contribution in [2.24, 2.45) is 5.41 Å². The molecule has 2 aliphatic rings. The number of nitrogens with one attached hydrogen (secondary N) is 1. The van der Waals surface area contributed by atoms with Crippen LogP contribution in [0.5, 0.6) is 0 Å². The third kappa shape index (κ3) is 4.89. The Morgan fingerprint density at radius 3 is 2.70 bits per heavy atom. The molecule has 1 aliphatic carbocycles. The fourth-order valence-electron chi connectivity index (χ4n) is 5.38. The van der Waals surface area contributed by atoms with Crippen LogP contribution in [0.1, 0.15) is 62.3 Å². The van der Waals surface area contributed by atoms with E-state index < -0.39 is 0 Å². The number of likely N-dealkylation sites (tertiary alicyclic amines) is 1. The molecule has 1 aromatic heterocycles. The highest BCUT2D eigenvalue weighted by molar-refractivity contribution is 5.76. The summed E-state index contributed by atoms with van der Waals surface area (Å²) in [5.41, 5.74) is 4.11. The van der Waals surface area contributed by atoms with Gasteiger partial charge in [0, 0.05) is 37.6 Å². The Balaban J connectivity index is 1.29. The molecule has 1 spiro atoms. The van der Waals surface area contributed by atoms with E-state index in [-0.39, 0.29) is 5.91 Å². The topological polar surface area (TPSA) is 58.1 Å². The summed E-state index contributed by atoms with van der Waals surface area (Å²) in [5.74, 6) is 0.159. The molecule has 2 heterocycles. The van der Waals surface area contributed by atoms with Gasteiger partial charge in [-0.05, 0) is 68.2 Å². The molecule has 0 radical (unpaired) electrons. The highest BCUT2D eigenvalue weighted by Crippen LogP contribution is 2.46. The summed E-state index contributed by atoms with van der Waals surface area (Å²) in [6.07, 6.45) is 13.3. The molecule has 30 heavy (non-hydrogen) atoms. The zero-order valence-electron chi connectivity index (χ0n) is 18.1. The van der Waals surface area contributed by atoms with Gasteiger partial charge in [-0.15, -0.1) is 0 Å². The maximum Gasteiger partial charge on any atom is 0.220 e. The summed E-state index contributed by atoms with van der Waals surface area (Å²) < 4.78 is 0. The molecule has 1 saturated carbocycles. The van der Waals surface area contributed by atoms with Gasteiger partial charge in [0.2, 0.25) is 5.91 Å². The molecule has 1 N–H and O–H groups in total. The standard InChI is InChI=1S/C25H34N4O/c1-2-20-6-3-4-7-21(20)19-29-16-12-25(13-17-29)11-5-8-23(25)28-24(30)10-9-22-18-26-14-15-27-22/h3-4,6-7,14-15,18,23H,2,5,8-13,16-17,19H2,1H3,(H,28,30). The monoisotopic (exact) mass is 406 g/mol. The number of rotatable bonds is 7. The van der Waals surface area contributed by atoms with Crippen molar-refractivity contribution in [3.05, 3.63) is 59.7 Å². The van der Waals surface area contributed by atoms with Crippen molar-refractivity contribution in [2.75, 3.05) is 13.1 Å². The maximum atomic E-state index is 12.6. The number of amides is 1. The second-order valence-corrected chi connectivity index (χ2v) is 8.97. The predicted octanol–water partition coefficient (Wildman–Crippen LogP) is 3.92. The minimum absolute atomic E-state index is 0.159. The normalized spacial score (nSPS) is 21.0. The Morgan fingerprint density at radius 1 is 1.17 bits per heavy atom. The van der Waals surface area contributed by atoms with Crippen molar-refractivity contribution < 1.29 is 4.79 Å². The zero-order chi connectivity index (χ0) is 20.8. The van der Waals surface area contributed by atoms with Crippen molar-refractivity contribution >= 4 is 5.91 Å². The third-order valence-electron chi connectivity index (χ3n) is 7.21. The third-order valence-corrected chi connectivity index (χ3v) is 7.21. The number of nitrogens with zero attached hydrogens (tertiary/aromatic N) is 3. The molecule has 5 heteroatoms. The van der Waals surface area contributed by atoms with E-state index in [1.807, 2.05) is 0 Å². The molecule has 2 fully saturated rings. The molecular formula is C25H34N4O. The lowest BCUT2D eigenvalue weighted by Gasteiger charge is -2.43. The number of carbonyl (C=O) groups excluding carboxylic acids is 1. The molecule has 0 bridgehead atoms. The van der Waals surface area contributed by atoms with Gasteiger partial charge in [-0.2, -0.15) is 0 Å². The lowest BCUT2D eigenvalue weighted by atomic mass is 9.74. The van der Waals surface area contributed by atoms with E-state index in [1.165, 1.54) is 36.8 Å². The Bertz CT molecular complexity index is 830. The minimum atomic E-state index is 0.159. The van der Waals surface area contributed by atoms with E-state index in [4.69, 9.17) is 0 Å². The van der Waals surface area contributed by atoms with Gasteiger partial charge in [0.15, 0.2) is 0 Å². The van der Waals surface area contributed by atoms with E-state index >= 15 is 0 Å². The van der Waals surface area contributed by atoms with Crippen LogP contribution in [0.2, 0.25) is 0 Å². The minimum Gasteiger partial charge on any atom is -0.353 e. The molecule has 1 unspecified atom stereocenters. The quantitative estimate of drug-likeness (QED) is 0.757. The fourth-order valence-corrected chi connectivity index (χ4v) is 5.38. The Morgan fingerprint density at radius 2 is 1.97 bits per heavy atom. The van der Waals surface area contributed by atoms with Crippen LogP contribution in [0.15, 0.2) is 42.9 Å². The average Bonchev–Trinajstić information content (AvgIpc) is 3.16. The second-order valence-electron chi connectivity index (χ2n) is 8.97. The molecular weight excluding hydrogens is 372 g/mol. The van der Waals surface area contributed by atoms with Gasteiger partial charge < -0.3 is 5.32 Å². The fraction of sp³-hybridized carbons (Fsp3) is 0.560. The molecule has 160 valence electrons. The van der Waals surface area contributed by atoms with Crippen LogP contribution in [-0.2, 0) is 24.2 Å². The Kier molecular flexibility index (Phi) is 6.78. The smallest absolute Gasteiger partial charge is 0.220 e. The lowest BCUT2D eigenvalue weighted by molar-refractivity contribution is -0.122. The van der Waals surface area contributed by atoms with Crippen molar-refractivity contribution in [1.82, 2.24) is 20.2 Å². The maximum absolute atomic E-state index is 12.6. The first kappa shape index (κ1) is 21.0. The summed E-state index contributed by atoms with van der Waals surface area (Å²) in [4.78, 5) is 23.6. The van der Waals surface area contributed by atoms with E-state index in [0.29, 0.717) is 24.3 Å². The van der Waals surface area contributed by atoms with Crippen LogP contribution in [-0.4, -0.2) is 39.9 Å². The number of piperidine rings is 1. The molecule has 5 nitrogen and oxygen atoms in total. The highest BCUT2D eigenvalue weighted by atomic mass is 16.1. The average molecular weight is 407 g/mol. The van der Waals surface area contributed by atoms with E-state index in [0.717, 1.165) is 38.2 Å². The van der Waals surface area contributed by atoms with Gasteiger partial charge in [-0.1, -0.05) is 37.6 Å². The van der Waals surface area contributed by atoms with Crippen LogP contribution < -0.4 is 5.32 Å². The molecule has 4 rings (SSSR count). The van der Waals surface area contributed by atoms with Gasteiger partial charge in [-0.3, -0.25) is 19.7 Å². The largest absolute Gasteiger partial charge is 0.353 e. The molecule has 1 amide bonds. The molecule has 1 aromatic carbocycles. The molecule has 1 atom stereocenters. The van der Waals surface area contributed by atoms with Gasteiger partial charge in [-0.25, -0.2) is 0 Å². The Hall–Kier alpha value is -2.27. The Labute approximate surface area is 180 Å². The van der Waals surface area contributed by atoms with Crippen LogP contribution in [0, 0.1) is 5.41 Å². The first-order valence-corrected chi connectivity index (χ1v) is 11.5. The van der Waals surface area contributed by atoms with Gasteiger partial charge >= 0.3 is 0 Å². The van der Waals surface area contributed by atoms with E-state index in [2.05, 4.69) is 51.4 Å². The number of aryl methyl sites for hydroxylation is 2. The van der Waals surface area contributed by atoms with Crippen LogP contribution in [0.4, 0.5) is 0 Å². The summed E-state index contributed by atoms with van der Waals surface area (Å²) in [6, 6.07) is 9.16. The highest BCUT2D eigenvalue weighted by Gasteiger charge is 2.45. The van der Waals surface area contributed by atoms with E-state index in [1.54, 1.807) is 18.6 Å². The predicted molar refractivity (Wildman–Crippen MR) is 119 cm³/mol. The summed E-state index contributed by atoms with van der Waals surface area (Å²) in [7, 11) is 0. The van der Waals surface area contributed by atoms with Gasteiger partial charge in [0.05, 0.1) is 5.69 Å². The van der Waals surface area contributed by atoms with Crippen LogP contribution in [0.25, 0.3) is 0 Å². The van der Waals surface area contributed by atoms with Crippen molar-refractivity contribution in [2.45, 2.75) is 70.9 Å². The second kappa shape index (κ2) is 9.69. The van der Waals surface area contributed by atoms with Crippen LogP contribution in [0.3, 0.4) is 0 Å². The molecule has 1 aliphatic heterocycles. The van der Waals surface area contributed by atoms with Crippen LogP contribution >= 0.6 is 0 Å². The molecule has 1 saturated heterocycles. The first-order chi connectivity index (χ1) is 14.7. The van der Waals surface area contributed by atoms with Crippen molar-refractivity contribution in [3.8, 4) is 0 Å². The van der Waals surface area contributed by atoms with E-state index in [9.17, 15) is 4.79 Å². The van der Waals surface area contributed by atoms with Crippen molar-refractivity contribution in [1.29, 1.82) is 0 Å². The summed E-state index contributed by atoms with van der Waals surface area (Å²) in [6.45, 7) is 5.55. The van der Waals surface area contributed by atoms with Gasteiger partial charge in [0.1, 0.15) is 0 Å². The lowest BCUT2D eigenvalue weighted by Crippen LogP contribution is -2.50. The van der Waals surface area contributed by atoms with Gasteiger partial charge in [0.25, 0.3) is 0 Å².